The molecule has 2 rings (SSSR count). The fraction of sp³-hybridized carbons (Fsp3) is 0.267. The third-order valence-corrected chi connectivity index (χ3v) is 3.17. The SMILES string of the molecule is Cc1ccncc1C(C)(N)Cc1ccccc1F. The molecule has 1 heterocycles. The summed E-state index contributed by atoms with van der Waals surface area (Å²) in [5, 5.41) is 0. The van der Waals surface area contributed by atoms with Crippen LogP contribution in [0.15, 0.2) is 42.7 Å². The van der Waals surface area contributed by atoms with Crippen LogP contribution in [0.25, 0.3) is 0 Å². The van der Waals surface area contributed by atoms with E-state index in [1.807, 2.05) is 26.0 Å². The zero-order valence-electron chi connectivity index (χ0n) is 10.7. The maximum Gasteiger partial charge on any atom is 0.126 e. The number of nitrogens with zero attached hydrogens (tertiary/aromatic N) is 1. The van der Waals surface area contributed by atoms with E-state index in [9.17, 15) is 4.39 Å². The van der Waals surface area contributed by atoms with E-state index in [2.05, 4.69) is 4.98 Å². The average molecular weight is 244 g/mol. The minimum atomic E-state index is -0.624. The Bertz CT molecular complexity index is 550. The number of aromatic nitrogens is 1. The number of halogens is 1. The van der Waals surface area contributed by atoms with Crippen LogP contribution in [0.5, 0.6) is 0 Å². The number of hydrogen-bond donors (Lipinski definition) is 1. The van der Waals surface area contributed by atoms with Crippen molar-refractivity contribution in [2.24, 2.45) is 5.73 Å². The molecule has 0 aliphatic heterocycles. The molecule has 1 atom stereocenters. The van der Waals surface area contributed by atoms with Crippen molar-refractivity contribution in [3.05, 3.63) is 65.2 Å². The fourth-order valence-electron chi connectivity index (χ4n) is 2.19. The Labute approximate surface area is 107 Å². The highest BCUT2D eigenvalue weighted by Crippen LogP contribution is 2.25. The minimum absolute atomic E-state index is 0.212. The van der Waals surface area contributed by atoms with Crippen LogP contribution in [0.1, 0.15) is 23.6 Å². The molecule has 2 nitrogen and oxygen atoms in total. The smallest absolute Gasteiger partial charge is 0.126 e. The number of rotatable bonds is 3. The highest BCUT2D eigenvalue weighted by molar-refractivity contribution is 5.31. The normalized spacial score (nSPS) is 14.2. The van der Waals surface area contributed by atoms with Crippen molar-refractivity contribution in [1.29, 1.82) is 0 Å². The van der Waals surface area contributed by atoms with Gasteiger partial charge in [0, 0.05) is 17.9 Å². The molecule has 94 valence electrons. The van der Waals surface area contributed by atoms with Gasteiger partial charge in [-0.3, -0.25) is 4.98 Å². The van der Waals surface area contributed by atoms with Gasteiger partial charge in [0.15, 0.2) is 0 Å². The summed E-state index contributed by atoms with van der Waals surface area (Å²) in [7, 11) is 0. The number of hydrogen-bond acceptors (Lipinski definition) is 2. The molecule has 0 saturated carbocycles. The van der Waals surface area contributed by atoms with Crippen molar-refractivity contribution in [3.63, 3.8) is 0 Å². The lowest BCUT2D eigenvalue weighted by molar-refractivity contribution is 0.471. The lowest BCUT2D eigenvalue weighted by atomic mass is 9.85. The number of nitrogens with two attached hydrogens (primary N) is 1. The quantitative estimate of drug-likeness (QED) is 0.901. The first-order chi connectivity index (χ1) is 8.50. The second-order valence-electron chi connectivity index (χ2n) is 4.88. The molecule has 1 aromatic heterocycles. The summed E-state index contributed by atoms with van der Waals surface area (Å²) in [4.78, 5) is 4.10. The van der Waals surface area contributed by atoms with Crippen LogP contribution in [-0.2, 0) is 12.0 Å². The summed E-state index contributed by atoms with van der Waals surface area (Å²) in [5.74, 6) is -0.212. The third-order valence-electron chi connectivity index (χ3n) is 3.17. The lowest BCUT2D eigenvalue weighted by Gasteiger charge is -2.27. The van der Waals surface area contributed by atoms with Crippen LogP contribution < -0.4 is 5.73 Å². The van der Waals surface area contributed by atoms with Crippen LogP contribution in [0.2, 0.25) is 0 Å². The summed E-state index contributed by atoms with van der Waals surface area (Å²) < 4.78 is 13.7. The lowest BCUT2D eigenvalue weighted by Crippen LogP contribution is -2.36. The van der Waals surface area contributed by atoms with Gasteiger partial charge in [-0.05, 0) is 49.1 Å². The summed E-state index contributed by atoms with van der Waals surface area (Å²) >= 11 is 0. The molecule has 18 heavy (non-hydrogen) atoms. The van der Waals surface area contributed by atoms with Crippen molar-refractivity contribution < 1.29 is 4.39 Å². The summed E-state index contributed by atoms with van der Waals surface area (Å²) in [6.07, 6.45) is 3.94. The second-order valence-corrected chi connectivity index (χ2v) is 4.88. The standard InChI is InChI=1S/C15H17FN2/c1-11-7-8-18-10-13(11)15(2,17)9-12-5-3-4-6-14(12)16/h3-8,10H,9,17H2,1-2H3. The van der Waals surface area contributed by atoms with E-state index in [4.69, 9.17) is 5.73 Å². The summed E-state index contributed by atoms with van der Waals surface area (Å²) in [5.41, 5.74) is 8.37. The van der Waals surface area contributed by atoms with E-state index in [1.54, 1.807) is 24.5 Å². The Hall–Kier alpha value is -1.74. The molecule has 0 radical (unpaired) electrons. The highest BCUT2D eigenvalue weighted by atomic mass is 19.1. The van der Waals surface area contributed by atoms with Crippen LogP contribution in [-0.4, -0.2) is 4.98 Å². The Balaban J connectivity index is 2.33. The molecule has 0 aliphatic carbocycles. The van der Waals surface area contributed by atoms with Gasteiger partial charge in [-0.1, -0.05) is 18.2 Å². The Morgan fingerprint density at radius 1 is 1.28 bits per heavy atom. The van der Waals surface area contributed by atoms with Crippen LogP contribution >= 0.6 is 0 Å². The molecule has 0 spiro atoms. The summed E-state index contributed by atoms with van der Waals surface area (Å²) in [6.45, 7) is 3.90. The van der Waals surface area contributed by atoms with Crippen molar-refractivity contribution >= 4 is 0 Å². The van der Waals surface area contributed by atoms with E-state index in [-0.39, 0.29) is 5.82 Å². The van der Waals surface area contributed by atoms with Gasteiger partial charge >= 0.3 is 0 Å². The van der Waals surface area contributed by atoms with E-state index in [0.29, 0.717) is 12.0 Å². The van der Waals surface area contributed by atoms with Crippen molar-refractivity contribution in [2.45, 2.75) is 25.8 Å². The van der Waals surface area contributed by atoms with Crippen LogP contribution in [0, 0.1) is 12.7 Å². The van der Waals surface area contributed by atoms with Gasteiger partial charge in [-0.25, -0.2) is 4.39 Å². The highest BCUT2D eigenvalue weighted by Gasteiger charge is 2.24. The van der Waals surface area contributed by atoms with Crippen molar-refractivity contribution in [2.75, 3.05) is 0 Å². The first-order valence-electron chi connectivity index (χ1n) is 5.94. The molecule has 0 amide bonds. The topological polar surface area (TPSA) is 38.9 Å². The van der Waals surface area contributed by atoms with Gasteiger partial charge in [-0.2, -0.15) is 0 Å². The zero-order valence-corrected chi connectivity index (χ0v) is 10.7. The van der Waals surface area contributed by atoms with Crippen molar-refractivity contribution in [3.8, 4) is 0 Å². The second kappa shape index (κ2) is 4.86. The van der Waals surface area contributed by atoms with Gasteiger partial charge in [0.05, 0.1) is 0 Å². The number of pyridine rings is 1. The van der Waals surface area contributed by atoms with Gasteiger partial charge < -0.3 is 5.73 Å². The Morgan fingerprint density at radius 3 is 2.67 bits per heavy atom. The van der Waals surface area contributed by atoms with Crippen LogP contribution in [0.3, 0.4) is 0 Å². The molecular weight excluding hydrogens is 227 g/mol. The molecule has 2 N–H and O–H groups in total. The van der Waals surface area contributed by atoms with Gasteiger partial charge in [-0.15, -0.1) is 0 Å². The van der Waals surface area contributed by atoms with E-state index in [0.717, 1.165) is 11.1 Å². The molecule has 1 aromatic carbocycles. The molecular formula is C15H17FN2. The predicted octanol–water partition coefficient (Wildman–Crippen LogP) is 2.95. The maximum atomic E-state index is 13.7. The Kier molecular flexibility index (Phi) is 3.43. The summed E-state index contributed by atoms with van der Waals surface area (Å²) in [6, 6.07) is 8.65. The molecule has 0 fully saturated rings. The largest absolute Gasteiger partial charge is 0.321 e. The number of aryl methyl sites for hydroxylation is 1. The van der Waals surface area contributed by atoms with Crippen LogP contribution in [0.4, 0.5) is 4.39 Å². The fourth-order valence-corrected chi connectivity index (χ4v) is 2.19. The Morgan fingerprint density at radius 2 is 2.00 bits per heavy atom. The maximum absolute atomic E-state index is 13.7. The van der Waals surface area contributed by atoms with E-state index in [1.165, 1.54) is 6.07 Å². The van der Waals surface area contributed by atoms with Gasteiger partial charge in [0.25, 0.3) is 0 Å². The molecule has 0 bridgehead atoms. The van der Waals surface area contributed by atoms with Gasteiger partial charge in [0.2, 0.25) is 0 Å². The minimum Gasteiger partial charge on any atom is -0.321 e. The van der Waals surface area contributed by atoms with E-state index >= 15 is 0 Å². The average Bonchev–Trinajstić information content (AvgIpc) is 2.32. The molecule has 3 heteroatoms. The molecule has 2 aromatic rings. The molecule has 0 aliphatic rings. The monoisotopic (exact) mass is 244 g/mol. The van der Waals surface area contributed by atoms with E-state index < -0.39 is 5.54 Å². The molecule has 1 unspecified atom stereocenters. The van der Waals surface area contributed by atoms with Gasteiger partial charge in [0.1, 0.15) is 5.82 Å². The zero-order chi connectivity index (χ0) is 13.2. The van der Waals surface area contributed by atoms with Crippen molar-refractivity contribution in [1.82, 2.24) is 4.98 Å². The molecule has 0 saturated heterocycles. The first-order valence-corrected chi connectivity index (χ1v) is 5.94. The first kappa shape index (κ1) is 12.7. The predicted molar refractivity (Wildman–Crippen MR) is 70.6 cm³/mol. The number of benzene rings is 1. The third kappa shape index (κ3) is 2.57.